The highest BCUT2D eigenvalue weighted by molar-refractivity contribution is 5.99. The number of carbonyl (C=O) groups is 2. The highest BCUT2D eigenvalue weighted by Crippen LogP contribution is 2.25. The number of carbonyl (C=O) groups excluding carboxylic acids is 2. The van der Waals surface area contributed by atoms with Gasteiger partial charge in [0.15, 0.2) is 6.61 Å². The van der Waals surface area contributed by atoms with Crippen LogP contribution in [0.1, 0.15) is 21.5 Å². The van der Waals surface area contributed by atoms with Gasteiger partial charge in [0.25, 0.3) is 5.91 Å². The average molecular weight is 388 g/mol. The normalized spacial score (nSPS) is 10.3. The highest BCUT2D eigenvalue weighted by atomic mass is 16.5. The van der Waals surface area contributed by atoms with Crippen LogP contribution < -0.4 is 10.2 Å². The van der Waals surface area contributed by atoms with Gasteiger partial charge in [0.05, 0.1) is 11.3 Å². The fourth-order valence-corrected chi connectivity index (χ4v) is 2.90. The third kappa shape index (κ3) is 4.82. The van der Waals surface area contributed by atoms with Crippen LogP contribution in [0.25, 0.3) is 0 Å². The molecule has 5 heteroatoms. The summed E-state index contributed by atoms with van der Waals surface area (Å²) in [6.45, 7) is 3.73. The molecular weight excluding hydrogens is 364 g/mol. The monoisotopic (exact) mass is 388 g/mol. The maximum atomic E-state index is 12.6. The Morgan fingerprint density at radius 3 is 2.28 bits per heavy atom. The third-order valence-electron chi connectivity index (χ3n) is 4.87. The van der Waals surface area contributed by atoms with Gasteiger partial charge in [-0.05, 0) is 55.3 Å². The maximum absolute atomic E-state index is 12.6. The maximum Gasteiger partial charge on any atom is 0.340 e. The lowest BCUT2D eigenvalue weighted by Gasteiger charge is -2.18. The van der Waals surface area contributed by atoms with Crippen molar-refractivity contribution < 1.29 is 14.3 Å². The molecule has 0 unspecified atom stereocenters. The minimum atomic E-state index is -0.548. The van der Waals surface area contributed by atoms with E-state index in [-0.39, 0.29) is 12.5 Å². The van der Waals surface area contributed by atoms with Crippen molar-refractivity contribution in [3.05, 3.63) is 89.5 Å². The SMILES string of the molecule is Cc1cccc(Nc2ccccc2C(=O)OCC(=O)N(C)c2ccccc2)c1C. The lowest BCUT2D eigenvalue weighted by molar-refractivity contribution is -0.121. The largest absolute Gasteiger partial charge is 0.452 e. The molecule has 1 N–H and O–H groups in total. The summed E-state index contributed by atoms with van der Waals surface area (Å²) in [6.07, 6.45) is 0. The van der Waals surface area contributed by atoms with Crippen molar-refractivity contribution in [2.75, 3.05) is 23.9 Å². The van der Waals surface area contributed by atoms with Crippen molar-refractivity contribution in [1.29, 1.82) is 0 Å². The van der Waals surface area contributed by atoms with Gasteiger partial charge in [-0.15, -0.1) is 0 Å². The van der Waals surface area contributed by atoms with Gasteiger partial charge in [-0.25, -0.2) is 4.79 Å². The lowest BCUT2D eigenvalue weighted by Crippen LogP contribution is -2.31. The molecule has 0 saturated carbocycles. The molecule has 0 aromatic heterocycles. The molecule has 0 aliphatic rings. The van der Waals surface area contributed by atoms with Crippen molar-refractivity contribution in [3.8, 4) is 0 Å². The van der Waals surface area contributed by atoms with Crippen LogP contribution in [-0.4, -0.2) is 25.5 Å². The van der Waals surface area contributed by atoms with Crippen molar-refractivity contribution in [2.24, 2.45) is 0 Å². The van der Waals surface area contributed by atoms with Crippen LogP contribution in [0.4, 0.5) is 17.1 Å². The van der Waals surface area contributed by atoms with Crippen LogP contribution in [0.15, 0.2) is 72.8 Å². The molecule has 5 nitrogen and oxygen atoms in total. The molecule has 3 aromatic carbocycles. The molecule has 3 aromatic rings. The zero-order chi connectivity index (χ0) is 20.8. The summed E-state index contributed by atoms with van der Waals surface area (Å²) in [4.78, 5) is 26.5. The molecular formula is C24H24N2O3. The molecule has 0 radical (unpaired) electrons. The first kappa shape index (κ1) is 20.1. The van der Waals surface area contributed by atoms with Crippen LogP contribution >= 0.6 is 0 Å². The van der Waals surface area contributed by atoms with Crippen molar-refractivity contribution in [2.45, 2.75) is 13.8 Å². The zero-order valence-electron chi connectivity index (χ0n) is 16.8. The molecule has 0 fully saturated rings. The van der Waals surface area contributed by atoms with Crippen LogP contribution in [0.2, 0.25) is 0 Å². The first-order valence-corrected chi connectivity index (χ1v) is 9.38. The van der Waals surface area contributed by atoms with E-state index < -0.39 is 5.97 Å². The summed E-state index contributed by atoms with van der Waals surface area (Å²) in [5.41, 5.74) is 4.94. The first-order valence-electron chi connectivity index (χ1n) is 9.38. The van der Waals surface area contributed by atoms with Crippen LogP contribution in [-0.2, 0) is 9.53 Å². The van der Waals surface area contributed by atoms with Gasteiger partial charge >= 0.3 is 5.97 Å². The second-order valence-corrected chi connectivity index (χ2v) is 6.78. The number of rotatable bonds is 6. The summed E-state index contributed by atoms with van der Waals surface area (Å²) in [5, 5.41) is 3.30. The Hall–Kier alpha value is -3.60. The number of ether oxygens (including phenoxy) is 1. The molecule has 0 aliphatic carbocycles. The molecule has 0 bridgehead atoms. The number of likely N-dealkylation sites (N-methyl/N-ethyl adjacent to an activating group) is 1. The number of hydrogen-bond donors (Lipinski definition) is 1. The number of nitrogens with one attached hydrogen (secondary N) is 1. The van der Waals surface area contributed by atoms with E-state index in [2.05, 4.69) is 5.32 Å². The van der Waals surface area contributed by atoms with E-state index in [9.17, 15) is 9.59 Å². The molecule has 0 spiro atoms. The quantitative estimate of drug-likeness (QED) is 0.612. The summed E-state index contributed by atoms with van der Waals surface area (Å²) in [7, 11) is 1.65. The number of benzene rings is 3. The van der Waals surface area contributed by atoms with E-state index in [1.165, 1.54) is 4.90 Å². The molecule has 148 valence electrons. The second-order valence-electron chi connectivity index (χ2n) is 6.78. The fraction of sp³-hybridized carbons (Fsp3) is 0.167. The number of nitrogens with zero attached hydrogens (tertiary/aromatic N) is 1. The summed E-state index contributed by atoms with van der Waals surface area (Å²) >= 11 is 0. The topological polar surface area (TPSA) is 58.6 Å². The van der Waals surface area contributed by atoms with Gasteiger partial charge in [-0.2, -0.15) is 0 Å². The van der Waals surface area contributed by atoms with Gasteiger partial charge < -0.3 is 15.0 Å². The molecule has 0 aliphatic heterocycles. The number of para-hydroxylation sites is 2. The summed E-state index contributed by atoms with van der Waals surface area (Å²) in [5.74, 6) is -0.849. The number of hydrogen-bond acceptors (Lipinski definition) is 4. The fourth-order valence-electron chi connectivity index (χ4n) is 2.90. The van der Waals surface area contributed by atoms with Gasteiger partial charge in [0.1, 0.15) is 0 Å². The molecule has 29 heavy (non-hydrogen) atoms. The molecule has 1 amide bonds. The van der Waals surface area contributed by atoms with Gasteiger partial charge in [-0.1, -0.05) is 42.5 Å². The highest BCUT2D eigenvalue weighted by Gasteiger charge is 2.17. The summed E-state index contributed by atoms with van der Waals surface area (Å²) in [6, 6.07) is 22.3. The number of aryl methyl sites for hydroxylation is 1. The van der Waals surface area contributed by atoms with Gasteiger partial charge in [0.2, 0.25) is 0 Å². The van der Waals surface area contributed by atoms with E-state index in [1.807, 2.05) is 74.5 Å². The minimum Gasteiger partial charge on any atom is -0.452 e. The first-order chi connectivity index (χ1) is 14.0. The number of esters is 1. The molecule has 0 heterocycles. The van der Waals surface area contributed by atoms with Crippen LogP contribution in [0.5, 0.6) is 0 Å². The van der Waals surface area contributed by atoms with Crippen LogP contribution in [0, 0.1) is 13.8 Å². The van der Waals surface area contributed by atoms with E-state index >= 15 is 0 Å². The Labute approximate surface area is 170 Å². The van der Waals surface area contributed by atoms with E-state index in [4.69, 9.17) is 4.74 Å². The Bertz CT molecular complexity index is 1020. The van der Waals surface area contributed by atoms with Crippen molar-refractivity contribution >= 4 is 28.9 Å². The molecule has 0 atom stereocenters. The standard InChI is InChI=1S/C24H24N2O3/c1-17-10-9-15-21(18(17)2)25-22-14-8-7-13-20(22)24(28)29-16-23(27)26(3)19-11-5-4-6-12-19/h4-15,25H,16H2,1-3H3. The zero-order valence-corrected chi connectivity index (χ0v) is 16.8. The van der Waals surface area contributed by atoms with E-state index in [0.29, 0.717) is 11.3 Å². The predicted molar refractivity (Wildman–Crippen MR) is 116 cm³/mol. The van der Waals surface area contributed by atoms with Crippen molar-refractivity contribution in [1.82, 2.24) is 0 Å². The van der Waals surface area contributed by atoms with E-state index in [1.54, 1.807) is 19.2 Å². The molecule has 3 rings (SSSR count). The van der Waals surface area contributed by atoms with Gasteiger partial charge in [0, 0.05) is 18.4 Å². The number of amides is 1. The molecule has 0 saturated heterocycles. The predicted octanol–water partition coefficient (Wildman–Crippen LogP) is 4.87. The number of anilines is 3. The van der Waals surface area contributed by atoms with Crippen molar-refractivity contribution in [3.63, 3.8) is 0 Å². The Kier molecular flexibility index (Phi) is 6.29. The van der Waals surface area contributed by atoms with Crippen LogP contribution in [0.3, 0.4) is 0 Å². The Morgan fingerprint density at radius 2 is 1.52 bits per heavy atom. The smallest absolute Gasteiger partial charge is 0.340 e. The van der Waals surface area contributed by atoms with Gasteiger partial charge in [-0.3, -0.25) is 4.79 Å². The lowest BCUT2D eigenvalue weighted by atomic mass is 10.1. The minimum absolute atomic E-state index is 0.301. The van der Waals surface area contributed by atoms with E-state index in [0.717, 1.165) is 22.5 Å². The Balaban J connectivity index is 1.70. The third-order valence-corrected chi connectivity index (χ3v) is 4.87. The Morgan fingerprint density at radius 1 is 0.862 bits per heavy atom. The summed E-state index contributed by atoms with van der Waals surface area (Å²) < 4.78 is 5.29. The average Bonchev–Trinajstić information content (AvgIpc) is 2.75. The second kappa shape index (κ2) is 9.06.